The third-order valence-corrected chi connectivity index (χ3v) is 4.08. The van der Waals surface area contributed by atoms with Crippen LogP contribution in [0.2, 0.25) is 0 Å². The first-order chi connectivity index (χ1) is 7.66. The number of carbonyl (C=O) groups is 1. The van der Waals surface area contributed by atoms with Crippen LogP contribution in [0.5, 0.6) is 0 Å². The molecule has 16 heavy (non-hydrogen) atoms. The highest BCUT2D eigenvalue weighted by Gasteiger charge is 2.23. The van der Waals surface area contributed by atoms with Gasteiger partial charge in [0.25, 0.3) is 0 Å². The minimum atomic E-state index is -0.885. The Morgan fingerprint density at radius 2 is 2.19 bits per heavy atom. The van der Waals surface area contributed by atoms with Gasteiger partial charge in [0, 0.05) is 6.42 Å². The van der Waals surface area contributed by atoms with Gasteiger partial charge in [-0.15, -0.1) is 0 Å². The summed E-state index contributed by atoms with van der Waals surface area (Å²) >= 11 is 1.66. The van der Waals surface area contributed by atoms with Crippen LogP contribution in [-0.4, -0.2) is 16.8 Å². The normalized spacial score (nSPS) is 20.0. The molecular formula is C12H12F2OS. The second-order valence-electron chi connectivity index (χ2n) is 3.89. The van der Waals surface area contributed by atoms with Gasteiger partial charge in [0.2, 0.25) is 0 Å². The van der Waals surface area contributed by atoms with E-state index in [-0.39, 0.29) is 17.5 Å². The first-order valence-corrected chi connectivity index (χ1v) is 6.30. The van der Waals surface area contributed by atoms with Crippen molar-refractivity contribution >= 4 is 17.5 Å². The van der Waals surface area contributed by atoms with Crippen LogP contribution in [0.15, 0.2) is 18.2 Å². The molecule has 4 heteroatoms. The Bertz CT molecular complexity index is 400. The second kappa shape index (κ2) is 4.95. The van der Waals surface area contributed by atoms with Crippen molar-refractivity contribution < 1.29 is 13.6 Å². The number of Topliss-reactive ketones (excluding diaryl/α,β-unsaturated/α-hetero) is 1. The highest BCUT2D eigenvalue weighted by atomic mass is 32.2. The zero-order valence-corrected chi connectivity index (χ0v) is 9.53. The van der Waals surface area contributed by atoms with E-state index in [0.29, 0.717) is 5.56 Å². The molecular weight excluding hydrogens is 230 g/mol. The molecule has 1 nitrogen and oxygen atoms in total. The van der Waals surface area contributed by atoms with Gasteiger partial charge in [-0.2, -0.15) is 11.8 Å². The van der Waals surface area contributed by atoms with Crippen LogP contribution >= 0.6 is 11.8 Å². The number of halogens is 2. The van der Waals surface area contributed by atoms with Gasteiger partial charge in [0.05, 0.1) is 5.25 Å². The third-order valence-electron chi connectivity index (χ3n) is 2.65. The van der Waals surface area contributed by atoms with E-state index in [2.05, 4.69) is 0 Å². The van der Waals surface area contributed by atoms with E-state index in [1.165, 1.54) is 6.07 Å². The molecule has 0 amide bonds. The number of hydrogen-bond donors (Lipinski definition) is 0. The average Bonchev–Trinajstić information content (AvgIpc) is 2.77. The predicted octanol–water partition coefficient (Wildman–Crippen LogP) is 2.97. The SMILES string of the molecule is O=C(Cc1ccc(F)c(F)c1)C1CCCS1. The summed E-state index contributed by atoms with van der Waals surface area (Å²) in [4.78, 5) is 11.8. The Balaban J connectivity index is 2.02. The summed E-state index contributed by atoms with van der Waals surface area (Å²) in [7, 11) is 0. The molecule has 1 aliphatic rings. The zero-order valence-electron chi connectivity index (χ0n) is 8.71. The molecule has 1 aliphatic heterocycles. The standard InChI is InChI=1S/C12H12F2OS/c13-9-4-3-8(6-10(9)14)7-11(15)12-2-1-5-16-12/h3-4,6,12H,1-2,5,7H2. The summed E-state index contributed by atoms with van der Waals surface area (Å²) in [6.07, 6.45) is 2.18. The number of benzene rings is 1. The van der Waals surface area contributed by atoms with Crippen molar-refractivity contribution in [2.75, 3.05) is 5.75 Å². The van der Waals surface area contributed by atoms with Crippen LogP contribution in [0.1, 0.15) is 18.4 Å². The highest BCUT2D eigenvalue weighted by Crippen LogP contribution is 2.27. The monoisotopic (exact) mass is 242 g/mol. The molecule has 1 aromatic rings. The fraction of sp³-hybridized carbons (Fsp3) is 0.417. The molecule has 0 saturated carbocycles. The van der Waals surface area contributed by atoms with Gasteiger partial charge in [-0.1, -0.05) is 6.07 Å². The van der Waals surface area contributed by atoms with E-state index in [1.807, 2.05) is 0 Å². The molecule has 1 unspecified atom stereocenters. The maximum Gasteiger partial charge on any atom is 0.159 e. The molecule has 1 fully saturated rings. The summed E-state index contributed by atoms with van der Waals surface area (Å²) in [6.45, 7) is 0. The molecule has 1 heterocycles. The average molecular weight is 242 g/mol. The molecule has 1 aromatic carbocycles. The Hall–Kier alpha value is -0.900. The van der Waals surface area contributed by atoms with Crippen molar-refractivity contribution in [2.24, 2.45) is 0 Å². The summed E-state index contributed by atoms with van der Waals surface area (Å²) < 4.78 is 25.6. The van der Waals surface area contributed by atoms with E-state index < -0.39 is 11.6 Å². The molecule has 0 bridgehead atoms. The minimum absolute atomic E-state index is 0.0492. The molecule has 0 aliphatic carbocycles. The van der Waals surface area contributed by atoms with Crippen LogP contribution < -0.4 is 0 Å². The Labute approximate surface area is 97.2 Å². The number of rotatable bonds is 3. The third kappa shape index (κ3) is 2.61. The van der Waals surface area contributed by atoms with E-state index >= 15 is 0 Å². The van der Waals surface area contributed by atoms with E-state index in [1.54, 1.807) is 11.8 Å². The molecule has 0 N–H and O–H groups in total. The molecule has 86 valence electrons. The van der Waals surface area contributed by atoms with Crippen molar-refractivity contribution in [1.29, 1.82) is 0 Å². The number of carbonyl (C=O) groups excluding carboxylic acids is 1. The van der Waals surface area contributed by atoms with Gasteiger partial charge < -0.3 is 0 Å². The lowest BCUT2D eigenvalue weighted by Crippen LogP contribution is -2.16. The number of ketones is 1. The molecule has 0 aromatic heterocycles. The highest BCUT2D eigenvalue weighted by molar-refractivity contribution is 8.00. The van der Waals surface area contributed by atoms with Gasteiger partial charge in [-0.25, -0.2) is 8.78 Å². The first kappa shape index (κ1) is 11.6. The van der Waals surface area contributed by atoms with Crippen molar-refractivity contribution in [3.05, 3.63) is 35.4 Å². The quantitative estimate of drug-likeness (QED) is 0.810. The lowest BCUT2D eigenvalue weighted by atomic mass is 10.0. The molecule has 2 rings (SSSR count). The largest absolute Gasteiger partial charge is 0.298 e. The Morgan fingerprint density at radius 1 is 1.38 bits per heavy atom. The lowest BCUT2D eigenvalue weighted by molar-refractivity contribution is -0.117. The van der Waals surface area contributed by atoms with Crippen LogP contribution in [-0.2, 0) is 11.2 Å². The first-order valence-electron chi connectivity index (χ1n) is 5.25. The molecule has 1 saturated heterocycles. The van der Waals surface area contributed by atoms with Gasteiger partial charge in [0.15, 0.2) is 11.6 Å². The topological polar surface area (TPSA) is 17.1 Å². The smallest absolute Gasteiger partial charge is 0.159 e. The van der Waals surface area contributed by atoms with Crippen LogP contribution in [0, 0.1) is 11.6 Å². The van der Waals surface area contributed by atoms with Crippen LogP contribution in [0.4, 0.5) is 8.78 Å². The Kier molecular flexibility index (Phi) is 3.59. The molecule has 0 spiro atoms. The van der Waals surface area contributed by atoms with E-state index in [9.17, 15) is 13.6 Å². The van der Waals surface area contributed by atoms with Crippen LogP contribution in [0.3, 0.4) is 0 Å². The Morgan fingerprint density at radius 3 is 2.81 bits per heavy atom. The van der Waals surface area contributed by atoms with E-state index in [0.717, 1.165) is 30.7 Å². The number of hydrogen-bond acceptors (Lipinski definition) is 2. The summed E-state index contributed by atoms with van der Waals surface area (Å²) in [6, 6.07) is 3.64. The van der Waals surface area contributed by atoms with Gasteiger partial charge in [-0.3, -0.25) is 4.79 Å². The fourth-order valence-corrected chi connectivity index (χ4v) is 3.02. The van der Waals surface area contributed by atoms with Crippen molar-refractivity contribution in [2.45, 2.75) is 24.5 Å². The van der Waals surface area contributed by atoms with Gasteiger partial charge in [-0.05, 0) is 36.3 Å². The zero-order chi connectivity index (χ0) is 11.5. The van der Waals surface area contributed by atoms with Crippen molar-refractivity contribution in [3.63, 3.8) is 0 Å². The van der Waals surface area contributed by atoms with E-state index in [4.69, 9.17) is 0 Å². The summed E-state index contributed by atoms with van der Waals surface area (Å²) in [5, 5.41) is 0.0492. The predicted molar refractivity (Wildman–Crippen MR) is 60.5 cm³/mol. The molecule has 1 atom stereocenters. The maximum absolute atomic E-state index is 12.9. The van der Waals surface area contributed by atoms with Gasteiger partial charge in [0.1, 0.15) is 5.78 Å². The van der Waals surface area contributed by atoms with Gasteiger partial charge >= 0.3 is 0 Å². The molecule has 0 radical (unpaired) electrons. The summed E-state index contributed by atoms with van der Waals surface area (Å²) in [5.41, 5.74) is 0.552. The minimum Gasteiger partial charge on any atom is -0.298 e. The van der Waals surface area contributed by atoms with Crippen LogP contribution in [0.25, 0.3) is 0 Å². The lowest BCUT2D eigenvalue weighted by Gasteiger charge is -2.07. The summed E-state index contributed by atoms with van der Waals surface area (Å²) in [5.74, 6) is -0.613. The van der Waals surface area contributed by atoms with Crippen molar-refractivity contribution in [3.8, 4) is 0 Å². The van der Waals surface area contributed by atoms with Crippen molar-refractivity contribution in [1.82, 2.24) is 0 Å². The fourth-order valence-electron chi connectivity index (χ4n) is 1.80. The number of thioether (sulfide) groups is 1. The second-order valence-corrected chi connectivity index (χ2v) is 5.20. The maximum atomic E-state index is 12.9.